The van der Waals surface area contributed by atoms with Crippen LogP contribution in [0.15, 0.2) is 97.9 Å². The summed E-state index contributed by atoms with van der Waals surface area (Å²) in [7, 11) is -6.91. The lowest BCUT2D eigenvalue weighted by Crippen LogP contribution is -2.32. The molecule has 0 atom stereocenters. The van der Waals surface area contributed by atoms with Gasteiger partial charge in [0.1, 0.15) is 11.7 Å². The molecule has 20 nitrogen and oxygen atoms in total. The first kappa shape index (κ1) is 52.4. The Hall–Kier alpha value is -5.21. The molecule has 0 spiro atoms. The predicted molar refractivity (Wildman–Crippen MR) is 255 cm³/mol. The van der Waals surface area contributed by atoms with Crippen molar-refractivity contribution in [3.63, 3.8) is 0 Å². The predicted octanol–water partition coefficient (Wildman–Crippen LogP) is 5.11. The number of nitrogens with two attached hydrogens (primary N) is 4. The monoisotopic (exact) mass is 1030 g/mol. The number of nitrogens with zero attached hydrogens (tertiary/aromatic N) is 8. The quantitative estimate of drug-likeness (QED) is 0.0604. The van der Waals surface area contributed by atoms with E-state index in [-0.39, 0.29) is 43.4 Å². The highest BCUT2D eigenvalue weighted by Crippen LogP contribution is 2.34. The SMILES string of the molecule is CCN(C)S(=O)(=O)c1ccc2c(Cl)cnc(Cl)c2c1.CCN(C)S(=O)(=O)c1ccc2c(Cl)cnc(N=C(N)N)c2c1.CN(CC(=O)O)S(=O)(=O)c1ccc2c(Cl)cnc(N=C(N)N)c2c1. The van der Waals surface area contributed by atoms with E-state index < -0.39 is 42.6 Å². The summed E-state index contributed by atoms with van der Waals surface area (Å²) < 4.78 is 77.4. The molecule has 6 rings (SSSR count). The van der Waals surface area contributed by atoms with Gasteiger partial charge in [0.15, 0.2) is 23.6 Å². The Labute approximate surface area is 394 Å². The molecule has 0 saturated carbocycles. The maximum Gasteiger partial charge on any atom is 0.318 e. The Morgan fingerprint density at radius 3 is 1.22 bits per heavy atom. The third-order valence-corrected chi connectivity index (χ3v) is 16.0. The van der Waals surface area contributed by atoms with Crippen molar-refractivity contribution in [3.05, 3.63) is 93.4 Å². The van der Waals surface area contributed by atoms with E-state index in [1.165, 1.54) is 90.8 Å². The molecular weight excluding hydrogens is 991 g/mol. The molecule has 0 unspecified atom stereocenters. The van der Waals surface area contributed by atoms with Gasteiger partial charge in [-0.2, -0.15) is 14.3 Å². The average Bonchev–Trinajstić information content (AvgIpc) is 3.25. The lowest BCUT2D eigenvalue weighted by molar-refractivity contribution is -0.137. The maximum absolute atomic E-state index is 12.5. The van der Waals surface area contributed by atoms with E-state index in [0.717, 1.165) is 0 Å². The van der Waals surface area contributed by atoms with E-state index in [0.29, 0.717) is 64.8 Å². The average molecular weight is 1030 g/mol. The second kappa shape index (κ2) is 21.4. The minimum Gasteiger partial charge on any atom is -0.480 e. The van der Waals surface area contributed by atoms with Crippen molar-refractivity contribution >= 4 is 138 Å². The van der Waals surface area contributed by atoms with Crippen molar-refractivity contribution in [1.82, 2.24) is 27.9 Å². The summed E-state index contributed by atoms with van der Waals surface area (Å²) in [5.41, 5.74) is 21.4. The van der Waals surface area contributed by atoms with Gasteiger partial charge in [0.25, 0.3) is 0 Å². The number of aromatic nitrogens is 3. The van der Waals surface area contributed by atoms with Gasteiger partial charge in [-0.15, -0.1) is 0 Å². The van der Waals surface area contributed by atoms with Crippen molar-refractivity contribution in [1.29, 1.82) is 0 Å². The van der Waals surface area contributed by atoms with Gasteiger partial charge in [-0.1, -0.05) is 78.5 Å². The number of aliphatic imine (C=N–C) groups is 2. The van der Waals surface area contributed by atoms with Crippen LogP contribution in [-0.2, 0) is 34.9 Å². The summed E-state index contributed by atoms with van der Waals surface area (Å²) >= 11 is 24.1. The van der Waals surface area contributed by atoms with Crippen LogP contribution in [0.25, 0.3) is 32.3 Å². The highest BCUT2D eigenvalue weighted by Gasteiger charge is 2.25. The lowest BCUT2D eigenvalue weighted by Gasteiger charge is -2.15. The van der Waals surface area contributed by atoms with Crippen LogP contribution < -0.4 is 22.9 Å². The summed E-state index contributed by atoms with van der Waals surface area (Å²) in [4.78, 5) is 30.6. The maximum atomic E-state index is 12.5. The van der Waals surface area contributed by atoms with E-state index in [4.69, 9.17) is 74.4 Å². The van der Waals surface area contributed by atoms with Crippen LogP contribution in [0.3, 0.4) is 0 Å². The third kappa shape index (κ3) is 12.2. The number of carbonyl (C=O) groups is 1. The molecule has 0 aliphatic rings. The number of hydrogen-bond donors (Lipinski definition) is 5. The minimum atomic E-state index is -4.01. The number of rotatable bonds is 12. The number of likely N-dealkylation sites (N-methyl/N-ethyl adjacent to an activating group) is 1. The zero-order valence-corrected chi connectivity index (χ0v) is 40.5. The van der Waals surface area contributed by atoms with Crippen LogP contribution in [0, 0.1) is 0 Å². The molecule has 3 aromatic heterocycles. The molecule has 0 aliphatic carbocycles. The number of carboxylic acids is 1. The van der Waals surface area contributed by atoms with E-state index in [9.17, 15) is 30.0 Å². The molecule has 0 fully saturated rings. The van der Waals surface area contributed by atoms with Crippen molar-refractivity contribution in [2.45, 2.75) is 28.5 Å². The topological polar surface area (TPSA) is 317 Å². The zero-order chi connectivity index (χ0) is 48.8. The van der Waals surface area contributed by atoms with Crippen LogP contribution in [-0.4, -0.2) is 117 Å². The molecular formula is C38H42Cl4N12O8S3. The van der Waals surface area contributed by atoms with Crippen LogP contribution in [0.5, 0.6) is 0 Å². The van der Waals surface area contributed by atoms with Crippen molar-refractivity contribution in [2.75, 3.05) is 40.8 Å². The third-order valence-electron chi connectivity index (χ3n) is 9.18. The fraction of sp³-hybridized carbons (Fsp3) is 0.211. The summed E-state index contributed by atoms with van der Waals surface area (Å²) in [5.74, 6) is -1.37. The number of fused-ring (bicyclic) bond motifs is 3. The van der Waals surface area contributed by atoms with Gasteiger partial charge in [0.2, 0.25) is 30.1 Å². The van der Waals surface area contributed by atoms with Gasteiger partial charge >= 0.3 is 5.97 Å². The zero-order valence-electron chi connectivity index (χ0n) is 35.0. The molecule has 0 amide bonds. The fourth-order valence-corrected chi connectivity index (χ4v) is 9.97. The number of benzene rings is 3. The van der Waals surface area contributed by atoms with Gasteiger partial charge in [-0.3, -0.25) is 4.79 Å². The van der Waals surface area contributed by atoms with Gasteiger partial charge in [0, 0.05) is 85.1 Å². The van der Waals surface area contributed by atoms with Crippen LogP contribution in [0.1, 0.15) is 13.8 Å². The van der Waals surface area contributed by atoms with E-state index in [2.05, 4.69) is 24.9 Å². The van der Waals surface area contributed by atoms with Crippen LogP contribution >= 0.6 is 46.4 Å². The smallest absolute Gasteiger partial charge is 0.318 e. The molecule has 348 valence electrons. The number of pyridine rings is 3. The van der Waals surface area contributed by atoms with E-state index >= 15 is 0 Å². The van der Waals surface area contributed by atoms with Crippen molar-refractivity contribution in [3.8, 4) is 0 Å². The molecule has 27 heteroatoms. The molecule has 9 N–H and O–H groups in total. The van der Waals surface area contributed by atoms with Gasteiger partial charge < -0.3 is 28.0 Å². The number of halogens is 4. The number of guanidine groups is 2. The Kier molecular flexibility index (Phi) is 17.3. The highest BCUT2D eigenvalue weighted by molar-refractivity contribution is 7.89. The molecule has 3 aromatic carbocycles. The second-order valence-corrected chi connectivity index (χ2v) is 21.2. The van der Waals surface area contributed by atoms with Crippen molar-refractivity contribution < 1.29 is 35.2 Å². The van der Waals surface area contributed by atoms with Crippen LogP contribution in [0.4, 0.5) is 11.6 Å². The van der Waals surface area contributed by atoms with Gasteiger partial charge in [0.05, 0.1) is 29.8 Å². The summed E-state index contributed by atoms with van der Waals surface area (Å²) in [6.45, 7) is 3.59. The highest BCUT2D eigenvalue weighted by atomic mass is 35.5. The molecule has 0 aliphatic heterocycles. The molecule has 65 heavy (non-hydrogen) atoms. The largest absolute Gasteiger partial charge is 0.480 e. The van der Waals surface area contributed by atoms with Crippen LogP contribution in [0.2, 0.25) is 20.2 Å². The van der Waals surface area contributed by atoms with Gasteiger partial charge in [-0.25, -0.2) is 48.8 Å². The van der Waals surface area contributed by atoms with E-state index in [1.54, 1.807) is 26.0 Å². The van der Waals surface area contributed by atoms with E-state index in [1.807, 2.05) is 0 Å². The first-order chi connectivity index (χ1) is 30.3. The minimum absolute atomic E-state index is 0.104. The summed E-state index contributed by atoms with van der Waals surface area (Å²) in [6, 6.07) is 13.3. The molecule has 6 aromatic rings. The molecule has 0 radical (unpaired) electrons. The molecule has 3 heterocycles. The number of carboxylic acid groups (broad SMARTS) is 1. The van der Waals surface area contributed by atoms with Crippen molar-refractivity contribution in [2.24, 2.45) is 32.9 Å². The number of hydrogen-bond acceptors (Lipinski definition) is 12. The number of sulfonamides is 3. The molecule has 0 bridgehead atoms. The first-order valence-electron chi connectivity index (χ1n) is 18.5. The Morgan fingerprint density at radius 2 is 0.877 bits per heavy atom. The second-order valence-electron chi connectivity index (χ2n) is 13.4. The summed E-state index contributed by atoms with van der Waals surface area (Å²) in [5, 5.41) is 13.2. The summed E-state index contributed by atoms with van der Waals surface area (Å²) in [6.07, 6.45) is 4.20. The normalized spacial score (nSPS) is 11.9. The first-order valence-corrected chi connectivity index (χ1v) is 24.3. The lowest BCUT2D eigenvalue weighted by atomic mass is 10.1. The Morgan fingerprint density at radius 1 is 0.554 bits per heavy atom. The Balaban J connectivity index is 0.000000215. The Bertz CT molecular complexity index is 3190. The number of aliphatic carboxylic acids is 1. The standard InChI is InChI=1S/C13H14ClN5O4S.C13H16ClN5O2S.C12H12Cl2N2O2S/c1-19(6-11(20)21)24(22,23)7-2-3-8-9(4-7)12(18-13(15)16)17-5-10(8)14;1-3-19(2)22(20,21)8-4-5-9-10(6-8)12(18-13(15)16)17-7-11(9)14;1-3-16(2)19(17,18)8-4-5-9-10(6-8)12(14)15-7-11(9)13/h2-5H,6H2,1H3,(H,20,21)(H4,15,16,17,18);4-7H,3H2,1-2H3,(H4,15,16,17,18);4-7H,3H2,1-2H3. The fourth-order valence-electron chi connectivity index (χ4n) is 5.56. The molecule has 0 saturated heterocycles. The van der Waals surface area contributed by atoms with Gasteiger partial charge in [-0.05, 0) is 36.4 Å².